The van der Waals surface area contributed by atoms with Crippen molar-refractivity contribution in [2.75, 3.05) is 6.61 Å². The highest BCUT2D eigenvalue weighted by Crippen LogP contribution is 2.30. The Hall–Kier alpha value is -1.59. The molecule has 0 unspecified atom stereocenters. The van der Waals surface area contributed by atoms with E-state index < -0.39 is 12.1 Å². The molecule has 3 N–H and O–H groups in total. The Balaban J connectivity index is 2.00. The first kappa shape index (κ1) is 19.7. The minimum Gasteiger partial charge on any atom is -0.464 e. The zero-order valence-corrected chi connectivity index (χ0v) is 15.4. The summed E-state index contributed by atoms with van der Waals surface area (Å²) in [7, 11) is 0. The summed E-state index contributed by atoms with van der Waals surface area (Å²) in [6.45, 7) is 1.93. The second-order valence-electron chi connectivity index (χ2n) is 5.79. The van der Waals surface area contributed by atoms with Crippen molar-refractivity contribution < 1.29 is 14.6 Å². The molecule has 0 aromatic heterocycles. The first-order valence-electron chi connectivity index (χ1n) is 8.05. The Kier molecular flexibility index (Phi) is 7.26. The van der Waals surface area contributed by atoms with Crippen LogP contribution in [0, 0.1) is 0 Å². The maximum atomic E-state index is 11.4. The number of rotatable bonds is 7. The van der Waals surface area contributed by atoms with Crippen molar-refractivity contribution in [2.24, 2.45) is 5.73 Å². The van der Waals surface area contributed by atoms with Crippen LogP contribution in [0.4, 0.5) is 0 Å². The van der Waals surface area contributed by atoms with Gasteiger partial charge in [-0.2, -0.15) is 0 Å². The first-order chi connectivity index (χ1) is 11.9. The van der Waals surface area contributed by atoms with Gasteiger partial charge in [0, 0.05) is 21.7 Å². The Morgan fingerprint density at radius 2 is 1.88 bits per heavy atom. The van der Waals surface area contributed by atoms with Crippen LogP contribution >= 0.6 is 23.2 Å². The van der Waals surface area contributed by atoms with Crippen LogP contribution in [-0.4, -0.2) is 29.8 Å². The van der Waals surface area contributed by atoms with E-state index in [1.807, 2.05) is 30.3 Å². The van der Waals surface area contributed by atoms with E-state index in [-0.39, 0.29) is 19.1 Å². The highest BCUT2D eigenvalue weighted by Gasteiger charge is 2.19. The van der Waals surface area contributed by atoms with E-state index in [9.17, 15) is 9.90 Å². The fraction of sp³-hybridized carbons (Fsp3) is 0.316. The third-order valence-corrected chi connectivity index (χ3v) is 4.34. The number of aliphatic hydroxyl groups is 1. The number of hydrogen-bond donors (Lipinski definition) is 2. The van der Waals surface area contributed by atoms with Crippen LogP contribution in [0.5, 0.6) is 0 Å². The lowest BCUT2D eigenvalue weighted by Gasteiger charge is -2.16. The third-order valence-electron chi connectivity index (χ3n) is 3.78. The fourth-order valence-corrected chi connectivity index (χ4v) is 2.95. The molecule has 0 aliphatic rings. The van der Waals surface area contributed by atoms with E-state index in [1.54, 1.807) is 19.1 Å². The fourth-order valence-electron chi connectivity index (χ4n) is 2.55. The summed E-state index contributed by atoms with van der Waals surface area (Å²) in [5.41, 5.74) is 8.85. The molecule has 0 fully saturated rings. The minimum absolute atomic E-state index is 0.153. The molecule has 0 amide bonds. The molecule has 2 aromatic carbocycles. The summed E-state index contributed by atoms with van der Waals surface area (Å²) >= 11 is 12.2. The SMILES string of the molecule is CCOC(=O)[C@H](O)C[C@H](N)Cc1ccc(-c2cc(Cl)ccc2Cl)cc1. The molecule has 25 heavy (non-hydrogen) atoms. The van der Waals surface area contributed by atoms with Gasteiger partial charge in [-0.05, 0) is 49.1 Å². The molecular weight excluding hydrogens is 361 g/mol. The largest absolute Gasteiger partial charge is 0.464 e. The van der Waals surface area contributed by atoms with Gasteiger partial charge in [-0.25, -0.2) is 4.79 Å². The van der Waals surface area contributed by atoms with Gasteiger partial charge in [0.2, 0.25) is 0 Å². The van der Waals surface area contributed by atoms with Gasteiger partial charge < -0.3 is 15.6 Å². The van der Waals surface area contributed by atoms with Gasteiger partial charge in [0.05, 0.1) is 6.61 Å². The zero-order chi connectivity index (χ0) is 18.4. The van der Waals surface area contributed by atoms with Gasteiger partial charge in [0.15, 0.2) is 6.10 Å². The summed E-state index contributed by atoms with van der Waals surface area (Å²) < 4.78 is 4.77. The predicted octanol–water partition coefficient (Wildman–Crippen LogP) is 3.84. The van der Waals surface area contributed by atoms with E-state index in [0.717, 1.165) is 16.7 Å². The number of halogens is 2. The molecule has 134 valence electrons. The molecule has 0 saturated heterocycles. The van der Waals surface area contributed by atoms with Crippen LogP contribution in [0.1, 0.15) is 18.9 Å². The molecule has 0 saturated carbocycles. The summed E-state index contributed by atoms with van der Waals surface area (Å²) in [6, 6.07) is 12.8. The van der Waals surface area contributed by atoms with Gasteiger partial charge in [0.25, 0.3) is 0 Å². The number of hydrogen-bond acceptors (Lipinski definition) is 4. The Morgan fingerprint density at radius 3 is 2.52 bits per heavy atom. The van der Waals surface area contributed by atoms with E-state index in [2.05, 4.69) is 0 Å². The van der Waals surface area contributed by atoms with Gasteiger partial charge in [-0.15, -0.1) is 0 Å². The maximum Gasteiger partial charge on any atom is 0.335 e. The smallest absolute Gasteiger partial charge is 0.335 e. The Labute approximate surface area is 157 Å². The lowest BCUT2D eigenvalue weighted by molar-refractivity contribution is -0.153. The van der Waals surface area contributed by atoms with Crippen LogP contribution < -0.4 is 5.73 Å². The quantitative estimate of drug-likeness (QED) is 0.714. The molecule has 6 heteroatoms. The average Bonchev–Trinajstić information content (AvgIpc) is 2.58. The minimum atomic E-state index is -1.19. The van der Waals surface area contributed by atoms with Crippen LogP contribution in [0.15, 0.2) is 42.5 Å². The normalized spacial score (nSPS) is 13.3. The summed E-state index contributed by atoms with van der Waals surface area (Å²) in [5.74, 6) is -0.635. The topological polar surface area (TPSA) is 72.5 Å². The number of nitrogens with two attached hydrogens (primary N) is 1. The van der Waals surface area contributed by atoms with Crippen LogP contribution in [0.25, 0.3) is 11.1 Å². The number of carbonyl (C=O) groups excluding carboxylic acids is 1. The van der Waals surface area contributed by atoms with E-state index in [4.69, 9.17) is 33.7 Å². The molecule has 2 rings (SSSR count). The zero-order valence-electron chi connectivity index (χ0n) is 13.9. The van der Waals surface area contributed by atoms with E-state index in [0.29, 0.717) is 16.5 Å². The number of esters is 1. The van der Waals surface area contributed by atoms with Gasteiger partial charge in [0.1, 0.15) is 0 Å². The molecule has 0 bridgehead atoms. The first-order valence-corrected chi connectivity index (χ1v) is 8.81. The van der Waals surface area contributed by atoms with Crippen LogP contribution in [0.2, 0.25) is 10.0 Å². The molecular formula is C19H21Cl2NO3. The number of benzene rings is 2. The van der Waals surface area contributed by atoms with Crippen LogP contribution in [-0.2, 0) is 16.0 Å². The molecule has 2 atom stereocenters. The van der Waals surface area contributed by atoms with Crippen molar-refractivity contribution in [3.05, 3.63) is 58.1 Å². The van der Waals surface area contributed by atoms with Crippen molar-refractivity contribution in [2.45, 2.75) is 31.9 Å². The van der Waals surface area contributed by atoms with E-state index in [1.165, 1.54) is 0 Å². The van der Waals surface area contributed by atoms with Gasteiger partial charge in [-0.3, -0.25) is 0 Å². The number of carbonyl (C=O) groups is 1. The molecule has 0 radical (unpaired) electrons. The van der Waals surface area contributed by atoms with Crippen LogP contribution in [0.3, 0.4) is 0 Å². The average molecular weight is 382 g/mol. The highest BCUT2D eigenvalue weighted by atomic mass is 35.5. The van der Waals surface area contributed by atoms with Crippen molar-refractivity contribution in [1.82, 2.24) is 0 Å². The molecule has 0 spiro atoms. The van der Waals surface area contributed by atoms with Crippen molar-refractivity contribution in [3.63, 3.8) is 0 Å². The van der Waals surface area contributed by atoms with Gasteiger partial charge in [-0.1, -0.05) is 47.5 Å². The predicted molar refractivity (Wildman–Crippen MR) is 101 cm³/mol. The second-order valence-corrected chi connectivity index (χ2v) is 6.63. The molecule has 2 aromatic rings. The third kappa shape index (κ3) is 5.72. The van der Waals surface area contributed by atoms with Crippen molar-refractivity contribution in [3.8, 4) is 11.1 Å². The summed E-state index contributed by atoms with van der Waals surface area (Å²) in [5, 5.41) is 11.0. The van der Waals surface area contributed by atoms with Crippen molar-refractivity contribution >= 4 is 29.2 Å². The lowest BCUT2D eigenvalue weighted by Crippen LogP contribution is -2.33. The molecule has 0 aliphatic carbocycles. The van der Waals surface area contributed by atoms with E-state index >= 15 is 0 Å². The maximum absolute atomic E-state index is 11.4. The highest BCUT2D eigenvalue weighted by molar-refractivity contribution is 6.35. The monoisotopic (exact) mass is 381 g/mol. The molecule has 4 nitrogen and oxygen atoms in total. The summed E-state index contributed by atoms with van der Waals surface area (Å²) in [6.07, 6.45) is -0.500. The van der Waals surface area contributed by atoms with Crippen molar-refractivity contribution in [1.29, 1.82) is 0 Å². The molecule has 0 heterocycles. The Bertz CT molecular complexity index is 719. The Morgan fingerprint density at radius 1 is 1.20 bits per heavy atom. The van der Waals surface area contributed by atoms with Gasteiger partial charge >= 0.3 is 5.97 Å². The standard InChI is InChI=1S/C19H21Cl2NO3/c1-2-25-19(24)18(23)11-15(22)9-12-3-5-13(6-4-12)16-10-14(20)7-8-17(16)21/h3-8,10,15,18,23H,2,9,11,22H2,1H3/t15-,18-/m1/s1. The molecule has 0 aliphatic heterocycles. The number of aliphatic hydroxyl groups excluding tert-OH is 1. The number of ether oxygens (including phenoxy) is 1. The lowest BCUT2D eigenvalue weighted by atomic mass is 9.98. The second kappa shape index (κ2) is 9.20. The summed E-state index contributed by atoms with van der Waals surface area (Å²) in [4.78, 5) is 11.4.